The van der Waals surface area contributed by atoms with Crippen molar-refractivity contribution in [3.8, 4) is 16.9 Å². The maximum absolute atomic E-state index is 12.0. The topological polar surface area (TPSA) is 79.8 Å². The van der Waals surface area contributed by atoms with Gasteiger partial charge in [-0.1, -0.05) is 6.07 Å². The van der Waals surface area contributed by atoms with Crippen LogP contribution in [0.2, 0.25) is 0 Å². The Morgan fingerprint density at radius 3 is 2.79 bits per heavy atom. The van der Waals surface area contributed by atoms with E-state index in [0.29, 0.717) is 31.7 Å². The Bertz CT molecular complexity index is 1040. The minimum absolute atomic E-state index is 0.107. The average molecular weight is 416 g/mol. The monoisotopic (exact) mass is 415 g/mol. The fourth-order valence-corrected chi connectivity index (χ4v) is 5.04. The highest BCUT2D eigenvalue weighted by Gasteiger charge is 2.31. The number of anilines is 1. The van der Waals surface area contributed by atoms with E-state index in [-0.39, 0.29) is 17.8 Å². The summed E-state index contributed by atoms with van der Waals surface area (Å²) in [6, 6.07) is 7.99. The third kappa shape index (κ3) is 4.00. The van der Waals surface area contributed by atoms with E-state index in [9.17, 15) is 13.2 Å². The quantitative estimate of drug-likeness (QED) is 0.750. The first-order valence-corrected chi connectivity index (χ1v) is 11.5. The van der Waals surface area contributed by atoms with Crippen molar-refractivity contribution in [2.24, 2.45) is 0 Å². The number of pyridine rings is 1. The van der Waals surface area contributed by atoms with Crippen molar-refractivity contribution in [2.75, 3.05) is 30.8 Å². The van der Waals surface area contributed by atoms with Crippen molar-refractivity contribution in [3.63, 3.8) is 0 Å². The zero-order valence-corrected chi connectivity index (χ0v) is 17.5. The first-order valence-electron chi connectivity index (χ1n) is 9.87. The molecule has 4 rings (SSSR count). The summed E-state index contributed by atoms with van der Waals surface area (Å²) in [4.78, 5) is 17.9. The minimum Gasteiger partial charge on any atom is -0.487 e. The lowest BCUT2D eigenvalue weighted by atomic mass is 9.97. The number of aromatic nitrogens is 1. The van der Waals surface area contributed by atoms with Gasteiger partial charge >= 0.3 is 0 Å². The number of benzene rings is 1. The van der Waals surface area contributed by atoms with Crippen LogP contribution in [-0.4, -0.2) is 55.6 Å². The molecule has 29 heavy (non-hydrogen) atoms. The smallest absolute Gasteiger partial charge is 0.227 e. The molecule has 1 atom stereocenters. The molecule has 1 saturated heterocycles. The van der Waals surface area contributed by atoms with E-state index < -0.39 is 10.0 Å². The molecule has 0 spiro atoms. The number of ether oxygens (including phenoxy) is 1. The number of hydrogen-bond donors (Lipinski definition) is 0. The van der Waals surface area contributed by atoms with Crippen molar-refractivity contribution in [2.45, 2.75) is 32.3 Å². The molecule has 2 aliphatic heterocycles. The Morgan fingerprint density at radius 1 is 1.17 bits per heavy atom. The molecular formula is C21H25N3O4S. The highest BCUT2D eigenvalue weighted by molar-refractivity contribution is 7.89. The first kappa shape index (κ1) is 19.8. The molecule has 0 bridgehead atoms. The number of sulfonamides is 1. The van der Waals surface area contributed by atoms with Gasteiger partial charge in [-0.25, -0.2) is 8.42 Å². The Morgan fingerprint density at radius 2 is 2.00 bits per heavy atom. The molecule has 1 unspecified atom stereocenters. The normalized spacial score (nSPS) is 20.0. The van der Waals surface area contributed by atoms with Crippen LogP contribution in [0.1, 0.15) is 25.3 Å². The van der Waals surface area contributed by atoms with Crippen molar-refractivity contribution >= 4 is 21.6 Å². The standard InChI is InChI=1S/C21H25N3O4S/c1-3-29(26,27)24-9-8-18(14-24)28-19-11-17(12-22-13-19)15-4-6-20-16(10-15)5-7-21(25)23(20)2/h4,6,10-13,18H,3,5,7-9,14H2,1-2H3. The number of rotatable bonds is 5. The molecule has 7 nitrogen and oxygen atoms in total. The van der Waals surface area contributed by atoms with Gasteiger partial charge in [0.15, 0.2) is 0 Å². The van der Waals surface area contributed by atoms with E-state index in [4.69, 9.17) is 4.74 Å². The van der Waals surface area contributed by atoms with Crippen LogP contribution in [0.4, 0.5) is 5.69 Å². The summed E-state index contributed by atoms with van der Waals surface area (Å²) < 4.78 is 31.6. The van der Waals surface area contributed by atoms with Crippen LogP contribution >= 0.6 is 0 Å². The number of aryl methyl sites for hydroxylation is 1. The largest absolute Gasteiger partial charge is 0.487 e. The van der Waals surface area contributed by atoms with E-state index in [0.717, 1.165) is 28.8 Å². The van der Waals surface area contributed by atoms with Crippen LogP contribution in [-0.2, 0) is 21.2 Å². The second-order valence-corrected chi connectivity index (χ2v) is 9.75. The van der Waals surface area contributed by atoms with Gasteiger partial charge in [-0.15, -0.1) is 0 Å². The van der Waals surface area contributed by atoms with Gasteiger partial charge in [0.2, 0.25) is 15.9 Å². The summed E-state index contributed by atoms with van der Waals surface area (Å²) in [6.45, 7) is 2.52. The molecule has 2 aromatic rings. The Balaban J connectivity index is 1.51. The zero-order chi connectivity index (χ0) is 20.6. The van der Waals surface area contributed by atoms with Crippen molar-refractivity contribution in [1.29, 1.82) is 0 Å². The molecule has 154 valence electrons. The third-order valence-corrected chi connectivity index (χ3v) is 7.49. The molecule has 1 aromatic carbocycles. The molecule has 2 aliphatic rings. The van der Waals surface area contributed by atoms with E-state index in [1.807, 2.05) is 18.2 Å². The average Bonchev–Trinajstić information content (AvgIpc) is 3.20. The second kappa shape index (κ2) is 7.76. The molecule has 0 radical (unpaired) electrons. The predicted molar refractivity (Wildman–Crippen MR) is 111 cm³/mol. The van der Waals surface area contributed by atoms with Crippen molar-refractivity contribution in [1.82, 2.24) is 9.29 Å². The summed E-state index contributed by atoms with van der Waals surface area (Å²) in [7, 11) is -1.38. The summed E-state index contributed by atoms with van der Waals surface area (Å²) in [6.07, 6.45) is 5.20. The number of amides is 1. The number of carbonyl (C=O) groups excluding carboxylic acids is 1. The van der Waals surface area contributed by atoms with Gasteiger partial charge in [0.05, 0.1) is 18.5 Å². The van der Waals surface area contributed by atoms with Crippen molar-refractivity contribution < 1.29 is 17.9 Å². The van der Waals surface area contributed by atoms with Gasteiger partial charge in [0, 0.05) is 37.5 Å². The molecule has 3 heterocycles. The number of hydrogen-bond acceptors (Lipinski definition) is 5. The number of carbonyl (C=O) groups is 1. The Kier molecular flexibility index (Phi) is 5.31. The lowest BCUT2D eigenvalue weighted by molar-refractivity contribution is -0.118. The molecule has 0 N–H and O–H groups in total. The predicted octanol–water partition coefficient (Wildman–Crippen LogP) is 2.46. The van der Waals surface area contributed by atoms with Crippen LogP contribution in [0, 0.1) is 0 Å². The zero-order valence-electron chi connectivity index (χ0n) is 16.7. The number of fused-ring (bicyclic) bond motifs is 1. The SMILES string of the molecule is CCS(=O)(=O)N1CCC(Oc2cncc(-c3ccc4c(c3)CCC(=O)N4C)c2)C1. The summed E-state index contributed by atoms with van der Waals surface area (Å²) >= 11 is 0. The van der Waals surface area contributed by atoms with E-state index >= 15 is 0 Å². The van der Waals surface area contributed by atoms with Gasteiger partial charge < -0.3 is 9.64 Å². The van der Waals surface area contributed by atoms with E-state index in [2.05, 4.69) is 11.1 Å². The maximum Gasteiger partial charge on any atom is 0.227 e. The van der Waals surface area contributed by atoms with E-state index in [1.54, 1.807) is 31.3 Å². The highest BCUT2D eigenvalue weighted by Crippen LogP contribution is 2.32. The van der Waals surface area contributed by atoms with Crippen LogP contribution in [0.25, 0.3) is 11.1 Å². The lowest BCUT2D eigenvalue weighted by Gasteiger charge is -2.26. The fraction of sp³-hybridized carbons (Fsp3) is 0.429. The van der Waals surface area contributed by atoms with Gasteiger partial charge in [-0.3, -0.25) is 9.78 Å². The van der Waals surface area contributed by atoms with Gasteiger partial charge in [0.1, 0.15) is 11.9 Å². The Hall–Kier alpha value is -2.45. The summed E-state index contributed by atoms with van der Waals surface area (Å²) in [5, 5.41) is 0. The summed E-state index contributed by atoms with van der Waals surface area (Å²) in [5.41, 5.74) is 4.05. The van der Waals surface area contributed by atoms with Gasteiger partial charge in [0.25, 0.3) is 0 Å². The molecule has 1 aromatic heterocycles. The second-order valence-electron chi connectivity index (χ2n) is 7.49. The first-order chi connectivity index (χ1) is 13.9. The highest BCUT2D eigenvalue weighted by atomic mass is 32.2. The molecule has 1 fully saturated rings. The van der Waals surface area contributed by atoms with Gasteiger partial charge in [-0.2, -0.15) is 4.31 Å². The molecule has 0 aliphatic carbocycles. The van der Waals surface area contributed by atoms with Gasteiger partial charge in [-0.05, 0) is 49.1 Å². The number of nitrogens with zero attached hydrogens (tertiary/aromatic N) is 3. The molecular weight excluding hydrogens is 390 g/mol. The van der Waals surface area contributed by atoms with Crippen LogP contribution in [0.5, 0.6) is 5.75 Å². The molecule has 0 saturated carbocycles. The maximum atomic E-state index is 12.0. The lowest BCUT2D eigenvalue weighted by Crippen LogP contribution is -2.32. The Labute approximate surface area is 171 Å². The molecule has 8 heteroatoms. The van der Waals surface area contributed by atoms with Crippen molar-refractivity contribution in [3.05, 3.63) is 42.2 Å². The fourth-order valence-electron chi connectivity index (χ4n) is 3.90. The van der Waals surface area contributed by atoms with E-state index in [1.165, 1.54) is 4.31 Å². The minimum atomic E-state index is -3.18. The molecule has 1 amide bonds. The third-order valence-electron chi connectivity index (χ3n) is 5.64. The van der Waals surface area contributed by atoms with Crippen LogP contribution in [0.3, 0.4) is 0 Å². The summed E-state index contributed by atoms with van der Waals surface area (Å²) in [5.74, 6) is 0.877. The van der Waals surface area contributed by atoms with Crippen LogP contribution in [0.15, 0.2) is 36.7 Å². The van der Waals surface area contributed by atoms with Crippen LogP contribution < -0.4 is 9.64 Å².